The number of fused-ring (bicyclic) bond motifs is 1. The summed E-state index contributed by atoms with van der Waals surface area (Å²) in [5.41, 5.74) is 6.91. The number of aromatic nitrogens is 4. The molecule has 1 fully saturated rings. The Morgan fingerprint density at radius 3 is 2.53 bits per heavy atom. The first-order chi connectivity index (χ1) is 8.27. The predicted molar refractivity (Wildman–Crippen MR) is 59.9 cm³/mol. The highest BCUT2D eigenvalue weighted by molar-refractivity contribution is 5.81. The monoisotopic (exact) mass is 235 g/mol. The Kier molecular flexibility index (Phi) is 2.23. The van der Waals surface area contributed by atoms with E-state index >= 15 is 0 Å². The van der Waals surface area contributed by atoms with Crippen LogP contribution in [0, 0.1) is 11.8 Å². The molecule has 7 heteroatoms. The minimum atomic E-state index is 0.0456. The van der Waals surface area contributed by atoms with E-state index in [-0.39, 0.29) is 31.1 Å². The quantitative estimate of drug-likeness (QED) is 0.641. The van der Waals surface area contributed by atoms with Crippen LogP contribution in [0.3, 0.4) is 0 Å². The van der Waals surface area contributed by atoms with Crippen LogP contribution in [0.2, 0.25) is 0 Å². The Morgan fingerprint density at radius 2 is 1.88 bits per heavy atom. The van der Waals surface area contributed by atoms with Crippen molar-refractivity contribution in [3.05, 3.63) is 12.7 Å². The van der Waals surface area contributed by atoms with E-state index in [0.29, 0.717) is 17.0 Å². The zero-order valence-electron chi connectivity index (χ0n) is 9.06. The zero-order valence-corrected chi connectivity index (χ0v) is 9.06. The van der Waals surface area contributed by atoms with Crippen molar-refractivity contribution in [2.45, 2.75) is 6.04 Å². The number of hydrogen-bond donors (Lipinski definition) is 3. The number of rotatable bonds is 3. The average molecular weight is 235 g/mol. The Bertz CT molecular complexity index is 545. The predicted octanol–water partition coefficient (Wildman–Crippen LogP) is -0.820. The number of imidazole rings is 1. The second kappa shape index (κ2) is 3.64. The molecule has 0 aliphatic heterocycles. The van der Waals surface area contributed by atoms with Crippen LogP contribution in [0.5, 0.6) is 0 Å². The van der Waals surface area contributed by atoms with E-state index in [1.54, 1.807) is 6.33 Å². The van der Waals surface area contributed by atoms with Crippen LogP contribution in [-0.4, -0.2) is 42.9 Å². The summed E-state index contributed by atoms with van der Waals surface area (Å²) in [5, 5.41) is 18.4. The minimum Gasteiger partial charge on any atom is -0.396 e. The van der Waals surface area contributed by atoms with Crippen molar-refractivity contribution in [1.29, 1.82) is 0 Å². The van der Waals surface area contributed by atoms with Crippen LogP contribution in [0.1, 0.15) is 6.04 Å². The molecule has 0 radical (unpaired) electrons. The van der Waals surface area contributed by atoms with Crippen molar-refractivity contribution in [3.8, 4) is 0 Å². The number of nitrogens with zero attached hydrogens (tertiary/aromatic N) is 4. The van der Waals surface area contributed by atoms with E-state index < -0.39 is 0 Å². The van der Waals surface area contributed by atoms with Gasteiger partial charge in [0, 0.05) is 31.1 Å². The van der Waals surface area contributed by atoms with Crippen LogP contribution in [0.15, 0.2) is 12.7 Å². The number of anilines is 1. The first-order valence-corrected chi connectivity index (χ1v) is 5.42. The van der Waals surface area contributed by atoms with Crippen LogP contribution in [0.25, 0.3) is 11.2 Å². The average Bonchev–Trinajstić information content (AvgIpc) is 2.89. The van der Waals surface area contributed by atoms with Gasteiger partial charge in [0.25, 0.3) is 0 Å². The van der Waals surface area contributed by atoms with Crippen molar-refractivity contribution < 1.29 is 10.2 Å². The molecule has 0 spiro atoms. The highest BCUT2D eigenvalue weighted by Gasteiger charge is 2.51. The van der Waals surface area contributed by atoms with Gasteiger partial charge in [0.15, 0.2) is 11.5 Å². The fourth-order valence-electron chi connectivity index (χ4n) is 2.41. The lowest BCUT2D eigenvalue weighted by atomic mass is 10.3. The van der Waals surface area contributed by atoms with E-state index in [2.05, 4.69) is 15.0 Å². The van der Waals surface area contributed by atoms with Crippen LogP contribution in [-0.2, 0) is 0 Å². The van der Waals surface area contributed by atoms with Gasteiger partial charge < -0.3 is 20.5 Å². The summed E-state index contributed by atoms with van der Waals surface area (Å²) >= 11 is 0. The SMILES string of the molecule is Nc1ncnc2c1ncn2C1[C@@H](CO)[C@H]1CO. The molecule has 17 heavy (non-hydrogen) atoms. The van der Waals surface area contributed by atoms with Crippen molar-refractivity contribution in [2.75, 3.05) is 18.9 Å². The molecule has 3 atom stereocenters. The summed E-state index contributed by atoms with van der Waals surface area (Å²) in [4.78, 5) is 12.2. The van der Waals surface area contributed by atoms with Crippen molar-refractivity contribution in [1.82, 2.24) is 19.5 Å². The van der Waals surface area contributed by atoms with E-state index in [1.807, 2.05) is 4.57 Å². The third kappa shape index (κ3) is 1.39. The lowest BCUT2D eigenvalue weighted by Crippen LogP contribution is -2.00. The summed E-state index contributed by atoms with van der Waals surface area (Å²) in [6.07, 6.45) is 3.03. The number of aliphatic hydroxyl groups is 2. The van der Waals surface area contributed by atoms with Crippen molar-refractivity contribution >= 4 is 17.0 Å². The molecule has 3 rings (SSSR count). The van der Waals surface area contributed by atoms with Gasteiger partial charge in [-0.2, -0.15) is 0 Å². The Morgan fingerprint density at radius 1 is 1.18 bits per heavy atom. The Balaban J connectivity index is 2.05. The molecule has 90 valence electrons. The van der Waals surface area contributed by atoms with Crippen molar-refractivity contribution in [2.24, 2.45) is 11.8 Å². The maximum Gasteiger partial charge on any atom is 0.165 e. The first-order valence-electron chi connectivity index (χ1n) is 5.42. The standard InChI is InChI=1S/C10H13N5O2/c11-9-7-10(13-3-12-9)15(4-14-7)8-5(1-16)6(8)2-17/h3-6,8,16-17H,1-2H2,(H2,11,12,13)/t5-,6+,8?. The maximum absolute atomic E-state index is 9.20. The second-order valence-electron chi connectivity index (χ2n) is 4.27. The van der Waals surface area contributed by atoms with E-state index in [1.165, 1.54) is 6.33 Å². The van der Waals surface area contributed by atoms with Gasteiger partial charge in [0.2, 0.25) is 0 Å². The number of aliphatic hydroxyl groups excluding tert-OH is 2. The van der Waals surface area contributed by atoms with E-state index in [0.717, 1.165) is 0 Å². The normalized spacial score (nSPS) is 27.5. The van der Waals surface area contributed by atoms with Gasteiger partial charge in [-0.3, -0.25) is 0 Å². The van der Waals surface area contributed by atoms with Gasteiger partial charge >= 0.3 is 0 Å². The third-order valence-electron chi connectivity index (χ3n) is 3.42. The molecular formula is C10H13N5O2. The molecule has 1 unspecified atom stereocenters. The molecule has 7 nitrogen and oxygen atoms in total. The minimum absolute atomic E-state index is 0.0456. The molecule has 1 saturated carbocycles. The molecule has 4 N–H and O–H groups in total. The summed E-state index contributed by atoms with van der Waals surface area (Å²) in [5.74, 6) is 0.470. The fourth-order valence-corrected chi connectivity index (χ4v) is 2.41. The van der Waals surface area contributed by atoms with Gasteiger partial charge in [-0.05, 0) is 0 Å². The van der Waals surface area contributed by atoms with Crippen molar-refractivity contribution in [3.63, 3.8) is 0 Å². The summed E-state index contributed by atoms with van der Waals surface area (Å²) < 4.78 is 1.86. The van der Waals surface area contributed by atoms with Gasteiger partial charge in [0.1, 0.15) is 11.8 Å². The molecule has 0 amide bonds. The second-order valence-corrected chi connectivity index (χ2v) is 4.27. The zero-order chi connectivity index (χ0) is 12.0. The molecule has 2 aromatic heterocycles. The fraction of sp³-hybridized carbons (Fsp3) is 0.500. The first kappa shape index (κ1) is 10.4. The largest absolute Gasteiger partial charge is 0.396 e. The Hall–Kier alpha value is -1.73. The van der Waals surface area contributed by atoms with E-state index in [9.17, 15) is 10.2 Å². The van der Waals surface area contributed by atoms with Crippen LogP contribution in [0.4, 0.5) is 5.82 Å². The molecule has 0 saturated heterocycles. The van der Waals surface area contributed by atoms with Gasteiger partial charge in [-0.1, -0.05) is 0 Å². The smallest absolute Gasteiger partial charge is 0.165 e. The summed E-state index contributed by atoms with van der Waals surface area (Å²) in [6, 6.07) is 0.0456. The molecule has 1 aliphatic carbocycles. The number of nitrogens with two attached hydrogens (primary N) is 1. The summed E-state index contributed by atoms with van der Waals surface area (Å²) in [6.45, 7) is 0.103. The molecular weight excluding hydrogens is 222 g/mol. The lowest BCUT2D eigenvalue weighted by Gasteiger charge is -2.01. The summed E-state index contributed by atoms with van der Waals surface area (Å²) in [7, 11) is 0. The molecule has 2 heterocycles. The number of nitrogen functional groups attached to an aromatic ring is 1. The molecule has 0 aromatic carbocycles. The number of hydrogen-bond acceptors (Lipinski definition) is 6. The van der Waals surface area contributed by atoms with Gasteiger partial charge in [-0.25, -0.2) is 15.0 Å². The lowest BCUT2D eigenvalue weighted by molar-refractivity contribution is 0.232. The molecule has 1 aliphatic rings. The highest BCUT2D eigenvalue weighted by atomic mass is 16.3. The van der Waals surface area contributed by atoms with Crippen LogP contribution >= 0.6 is 0 Å². The molecule has 2 aromatic rings. The highest BCUT2D eigenvalue weighted by Crippen LogP contribution is 2.50. The van der Waals surface area contributed by atoms with E-state index in [4.69, 9.17) is 5.73 Å². The topological polar surface area (TPSA) is 110 Å². The third-order valence-corrected chi connectivity index (χ3v) is 3.42. The van der Waals surface area contributed by atoms with Crippen LogP contribution < -0.4 is 5.73 Å². The Labute approximate surface area is 96.9 Å². The maximum atomic E-state index is 9.20. The van der Waals surface area contributed by atoms with Gasteiger partial charge in [0.05, 0.1) is 6.33 Å². The molecule has 0 bridgehead atoms. The van der Waals surface area contributed by atoms with Gasteiger partial charge in [-0.15, -0.1) is 0 Å².